The summed E-state index contributed by atoms with van der Waals surface area (Å²) in [4.78, 5) is 49.4. The number of amides is 4. The Morgan fingerprint density at radius 1 is 1.23 bits per heavy atom. The summed E-state index contributed by atoms with van der Waals surface area (Å²) in [5, 5.41) is 3.39. The molecule has 2 N–H and O–H groups in total. The van der Waals surface area contributed by atoms with Crippen LogP contribution in [0.15, 0.2) is 30.3 Å². The summed E-state index contributed by atoms with van der Waals surface area (Å²) in [5.41, 5.74) is 1.28. The van der Waals surface area contributed by atoms with Crippen LogP contribution in [-0.2, 0) is 19.1 Å². The molecule has 1 heterocycles. The fourth-order valence-corrected chi connectivity index (χ4v) is 3.66. The van der Waals surface area contributed by atoms with Gasteiger partial charge in [0.1, 0.15) is 11.3 Å². The Morgan fingerprint density at radius 3 is 2.53 bits per heavy atom. The third-order valence-corrected chi connectivity index (χ3v) is 5.53. The van der Waals surface area contributed by atoms with Crippen LogP contribution in [0.4, 0.5) is 4.79 Å². The Balaban J connectivity index is 1.51. The minimum Gasteiger partial charge on any atom is -0.479 e. The van der Waals surface area contributed by atoms with Crippen molar-refractivity contribution in [3.8, 4) is 5.75 Å². The molecule has 162 valence electrons. The second-order valence-corrected chi connectivity index (χ2v) is 7.81. The molecule has 1 spiro atoms. The van der Waals surface area contributed by atoms with E-state index in [-0.39, 0.29) is 0 Å². The lowest BCUT2D eigenvalue weighted by Gasteiger charge is -2.33. The molecule has 4 amide bonds. The first-order valence-corrected chi connectivity index (χ1v) is 10.2. The minimum absolute atomic E-state index is 0.351. The summed E-state index contributed by atoms with van der Waals surface area (Å²) in [5.74, 6) is -0.947. The van der Waals surface area contributed by atoms with Gasteiger partial charge in [-0.1, -0.05) is 32.0 Å². The molecule has 0 radical (unpaired) electrons. The summed E-state index contributed by atoms with van der Waals surface area (Å²) < 4.78 is 10.6. The summed E-state index contributed by atoms with van der Waals surface area (Å²) >= 11 is 0. The van der Waals surface area contributed by atoms with Crippen molar-refractivity contribution in [3.05, 3.63) is 30.3 Å². The molecule has 1 aliphatic carbocycles. The lowest BCUT2D eigenvalue weighted by molar-refractivity contribution is -0.156. The van der Waals surface area contributed by atoms with Crippen LogP contribution in [-0.4, -0.2) is 47.1 Å². The lowest BCUT2D eigenvalue weighted by atomic mass is 9.77. The molecule has 2 fully saturated rings. The van der Waals surface area contributed by atoms with Crippen molar-refractivity contribution >= 4 is 23.8 Å². The molecule has 1 atom stereocenters. The van der Waals surface area contributed by atoms with Crippen LogP contribution in [0.25, 0.3) is 0 Å². The largest absolute Gasteiger partial charge is 0.479 e. The molecule has 1 saturated heterocycles. The number of carbonyl (C=O) groups excluding carboxylic acids is 4. The number of ether oxygens (including phenoxy) is 2. The number of nitrogens with one attached hydrogen (secondary N) is 2. The van der Waals surface area contributed by atoms with E-state index in [4.69, 9.17) is 9.47 Å². The van der Waals surface area contributed by atoms with Crippen LogP contribution in [0.1, 0.15) is 46.0 Å². The van der Waals surface area contributed by atoms with Crippen molar-refractivity contribution in [3.63, 3.8) is 0 Å². The molecule has 0 bridgehead atoms. The maximum atomic E-state index is 12.7. The highest BCUT2D eigenvalue weighted by molar-refractivity contribution is 6.08. The van der Waals surface area contributed by atoms with E-state index >= 15 is 0 Å². The van der Waals surface area contributed by atoms with Crippen LogP contribution in [0.2, 0.25) is 0 Å². The maximum absolute atomic E-state index is 12.7. The number of esters is 1. The Labute approximate surface area is 175 Å². The zero-order valence-electron chi connectivity index (χ0n) is 17.2. The van der Waals surface area contributed by atoms with E-state index in [1.807, 2.05) is 6.07 Å². The van der Waals surface area contributed by atoms with Gasteiger partial charge in [0, 0.05) is 0 Å². The van der Waals surface area contributed by atoms with Gasteiger partial charge in [-0.3, -0.25) is 15.0 Å². The van der Waals surface area contributed by atoms with E-state index in [0.29, 0.717) is 35.9 Å². The topological polar surface area (TPSA) is 114 Å². The Morgan fingerprint density at radius 2 is 1.90 bits per heavy atom. The number of carbonyl (C=O) groups is 4. The van der Waals surface area contributed by atoms with Gasteiger partial charge in [0.25, 0.3) is 11.8 Å². The highest BCUT2D eigenvalue weighted by Gasteiger charge is 2.52. The van der Waals surface area contributed by atoms with Crippen molar-refractivity contribution in [2.24, 2.45) is 5.92 Å². The second-order valence-electron chi connectivity index (χ2n) is 7.81. The Hall–Kier alpha value is -3.10. The highest BCUT2D eigenvalue weighted by atomic mass is 16.6. The fraction of sp³-hybridized carbons (Fsp3) is 0.524. The average molecular weight is 417 g/mol. The van der Waals surface area contributed by atoms with Gasteiger partial charge in [-0.05, 0) is 50.2 Å². The molecule has 0 unspecified atom stereocenters. The van der Waals surface area contributed by atoms with E-state index < -0.39 is 42.1 Å². The van der Waals surface area contributed by atoms with Crippen molar-refractivity contribution in [2.45, 2.75) is 57.6 Å². The van der Waals surface area contributed by atoms with Crippen LogP contribution < -0.4 is 15.5 Å². The molecule has 0 aromatic heterocycles. The van der Waals surface area contributed by atoms with Crippen LogP contribution >= 0.6 is 0 Å². The summed E-state index contributed by atoms with van der Waals surface area (Å²) in [6, 6.07) is 8.12. The normalized spacial score (nSPS) is 24.3. The Kier molecular flexibility index (Phi) is 6.59. The molecular weight excluding hydrogens is 390 g/mol. The number of hydrogen-bond acceptors (Lipinski definition) is 6. The smallest absolute Gasteiger partial charge is 0.347 e. The molecule has 1 saturated carbocycles. The molecule has 9 heteroatoms. The van der Waals surface area contributed by atoms with Crippen LogP contribution in [0.3, 0.4) is 0 Å². The molecule has 2 aliphatic rings. The van der Waals surface area contributed by atoms with Gasteiger partial charge in [0.15, 0.2) is 12.7 Å². The van der Waals surface area contributed by atoms with E-state index in [1.165, 1.54) is 0 Å². The third-order valence-electron chi connectivity index (χ3n) is 5.53. The molecule has 1 aromatic carbocycles. The zero-order valence-corrected chi connectivity index (χ0v) is 17.2. The van der Waals surface area contributed by atoms with Gasteiger partial charge in [0.2, 0.25) is 0 Å². The fourth-order valence-electron chi connectivity index (χ4n) is 3.66. The molecule has 1 aliphatic heterocycles. The van der Waals surface area contributed by atoms with Gasteiger partial charge in [-0.25, -0.2) is 9.59 Å². The number of hydrogen-bond donors (Lipinski definition) is 2. The number of para-hydroxylation sites is 1. The molecule has 1 aromatic rings. The first-order chi connectivity index (χ1) is 14.3. The molecule has 3 rings (SSSR count). The predicted molar refractivity (Wildman–Crippen MR) is 106 cm³/mol. The van der Waals surface area contributed by atoms with Gasteiger partial charge in [0.05, 0.1) is 0 Å². The maximum Gasteiger partial charge on any atom is 0.347 e. The van der Waals surface area contributed by atoms with Gasteiger partial charge >= 0.3 is 12.0 Å². The van der Waals surface area contributed by atoms with E-state index in [1.54, 1.807) is 31.2 Å². The lowest BCUT2D eigenvalue weighted by Crippen LogP contribution is -2.52. The minimum atomic E-state index is -0.954. The van der Waals surface area contributed by atoms with Crippen molar-refractivity contribution < 1.29 is 28.7 Å². The predicted octanol–water partition coefficient (Wildman–Crippen LogP) is 1.92. The number of nitrogens with zero attached hydrogens (tertiary/aromatic N) is 1. The van der Waals surface area contributed by atoms with Gasteiger partial charge < -0.3 is 14.8 Å². The Bertz CT molecular complexity index is 804. The van der Waals surface area contributed by atoms with E-state index in [0.717, 1.165) is 12.8 Å². The molecule has 9 nitrogen and oxygen atoms in total. The SMILES string of the molecule is CC[C@H](Oc1ccccc1)C(=O)OCC(=O)NN1C(=O)NC2(CCC(C)CC2)C1=O. The third kappa shape index (κ3) is 4.72. The summed E-state index contributed by atoms with van der Waals surface area (Å²) in [6.45, 7) is 3.23. The number of benzene rings is 1. The number of hydrazine groups is 1. The van der Waals surface area contributed by atoms with Gasteiger partial charge in [-0.15, -0.1) is 0 Å². The second kappa shape index (κ2) is 9.15. The van der Waals surface area contributed by atoms with E-state index in [9.17, 15) is 19.2 Å². The van der Waals surface area contributed by atoms with Crippen molar-refractivity contribution in [1.29, 1.82) is 0 Å². The molecule has 30 heavy (non-hydrogen) atoms. The van der Waals surface area contributed by atoms with E-state index in [2.05, 4.69) is 17.7 Å². The van der Waals surface area contributed by atoms with Crippen molar-refractivity contribution in [1.82, 2.24) is 15.8 Å². The zero-order chi connectivity index (χ0) is 21.7. The average Bonchev–Trinajstić information content (AvgIpc) is 2.97. The standard InChI is InChI=1S/C21H27N3O6/c1-3-16(30-15-7-5-4-6-8-15)18(26)29-13-17(25)23-24-19(27)21(22-20(24)28)11-9-14(2)10-12-21/h4-8,14,16H,3,9-13H2,1-2H3,(H,22,28)(H,23,25)/t14?,16-,21?/m0/s1. The number of imide groups is 1. The highest BCUT2D eigenvalue weighted by Crippen LogP contribution is 2.35. The first-order valence-electron chi connectivity index (χ1n) is 10.2. The number of urea groups is 1. The first kappa shape index (κ1) is 21.6. The molecular formula is C21H27N3O6. The summed E-state index contributed by atoms with van der Waals surface area (Å²) in [6.07, 6.45) is 2.20. The summed E-state index contributed by atoms with van der Waals surface area (Å²) in [7, 11) is 0. The number of rotatable bonds is 7. The van der Waals surface area contributed by atoms with Crippen LogP contribution in [0.5, 0.6) is 5.75 Å². The van der Waals surface area contributed by atoms with Crippen molar-refractivity contribution in [2.75, 3.05) is 6.61 Å². The quantitative estimate of drug-likeness (QED) is 0.518. The monoisotopic (exact) mass is 417 g/mol. The van der Waals surface area contributed by atoms with Crippen LogP contribution in [0, 0.1) is 5.92 Å². The van der Waals surface area contributed by atoms with Gasteiger partial charge in [-0.2, -0.15) is 5.01 Å².